The van der Waals surface area contributed by atoms with Gasteiger partial charge in [-0.1, -0.05) is 12.1 Å². The highest BCUT2D eigenvalue weighted by molar-refractivity contribution is 7.10. The van der Waals surface area contributed by atoms with Crippen molar-refractivity contribution in [2.45, 2.75) is 31.5 Å². The molecule has 3 unspecified atom stereocenters. The maximum atomic E-state index is 13.4. The topological polar surface area (TPSA) is 41.5 Å². The van der Waals surface area contributed by atoms with E-state index in [9.17, 15) is 13.9 Å². The van der Waals surface area contributed by atoms with Gasteiger partial charge in [0, 0.05) is 18.0 Å². The van der Waals surface area contributed by atoms with Gasteiger partial charge in [0.05, 0.1) is 18.8 Å². The first-order valence-electron chi connectivity index (χ1n) is 7.42. The lowest BCUT2D eigenvalue weighted by molar-refractivity contribution is 0.135. The fraction of sp³-hybridized carbons (Fsp3) is 0.412. The molecule has 23 heavy (non-hydrogen) atoms. The molecule has 3 atom stereocenters. The van der Waals surface area contributed by atoms with Gasteiger partial charge in [0.25, 0.3) is 0 Å². The molecule has 2 aromatic rings. The lowest BCUT2D eigenvalue weighted by atomic mass is 10.0. The van der Waals surface area contributed by atoms with Crippen LogP contribution in [0.3, 0.4) is 0 Å². The third-order valence-corrected chi connectivity index (χ3v) is 4.59. The van der Waals surface area contributed by atoms with Crippen LogP contribution in [-0.2, 0) is 4.74 Å². The minimum atomic E-state index is -0.878. The number of benzene rings is 1. The Labute approximate surface area is 138 Å². The van der Waals surface area contributed by atoms with Gasteiger partial charge in [-0.05, 0) is 42.5 Å². The Balaban J connectivity index is 2.01. The van der Waals surface area contributed by atoms with E-state index in [1.54, 1.807) is 7.11 Å². The van der Waals surface area contributed by atoms with Crippen molar-refractivity contribution in [1.82, 2.24) is 5.32 Å². The minimum absolute atomic E-state index is 0.0274. The monoisotopic (exact) mass is 341 g/mol. The summed E-state index contributed by atoms with van der Waals surface area (Å²) in [6.07, 6.45) is -0.0321. The summed E-state index contributed by atoms with van der Waals surface area (Å²) < 4.78 is 31.7. The summed E-state index contributed by atoms with van der Waals surface area (Å²) in [5.74, 6) is -1.75. The van der Waals surface area contributed by atoms with Crippen molar-refractivity contribution in [3.05, 3.63) is 57.8 Å². The molecule has 0 saturated heterocycles. The van der Waals surface area contributed by atoms with Gasteiger partial charge in [0.1, 0.15) is 0 Å². The second-order valence-corrected chi connectivity index (χ2v) is 6.50. The largest absolute Gasteiger partial charge is 0.388 e. The highest BCUT2D eigenvalue weighted by Gasteiger charge is 2.19. The maximum Gasteiger partial charge on any atom is 0.159 e. The zero-order chi connectivity index (χ0) is 16.8. The van der Waals surface area contributed by atoms with Gasteiger partial charge in [-0.3, -0.25) is 0 Å². The molecular weight excluding hydrogens is 320 g/mol. The number of ether oxygens (including phenoxy) is 1. The number of aliphatic hydroxyl groups is 1. The minimum Gasteiger partial charge on any atom is -0.388 e. The normalized spacial score (nSPS) is 15.3. The van der Waals surface area contributed by atoms with Crippen LogP contribution in [0.2, 0.25) is 0 Å². The highest BCUT2D eigenvalue weighted by Crippen LogP contribution is 2.24. The van der Waals surface area contributed by atoms with E-state index < -0.39 is 17.7 Å². The number of methoxy groups -OCH3 is 1. The van der Waals surface area contributed by atoms with E-state index in [1.807, 2.05) is 24.4 Å². The van der Waals surface area contributed by atoms with Crippen LogP contribution in [0.25, 0.3) is 0 Å². The third kappa shape index (κ3) is 5.07. The van der Waals surface area contributed by atoms with Gasteiger partial charge in [0.15, 0.2) is 11.6 Å². The zero-order valence-corrected chi connectivity index (χ0v) is 13.9. The van der Waals surface area contributed by atoms with Gasteiger partial charge in [0.2, 0.25) is 0 Å². The maximum absolute atomic E-state index is 13.4. The van der Waals surface area contributed by atoms with Crippen molar-refractivity contribution < 1.29 is 18.6 Å². The Hall–Kier alpha value is -1.34. The van der Waals surface area contributed by atoms with Crippen LogP contribution in [0.4, 0.5) is 8.78 Å². The molecular formula is C17H21F2NO2S. The molecule has 1 heterocycles. The predicted molar refractivity (Wildman–Crippen MR) is 87.5 cm³/mol. The Morgan fingerprint density at radius 2 is 2.04 bits per heavy atom. The van der Waals surface area contributed by atoms with Crippen LogP contribution in [-0.4, -0.2) is 24.9 Å². The number of rotatable bonds is 8. The summed E-state index contributed by atoms with van der Waals surface area (Å²) >= 11 is 1.51. The van der Waals surface area contributed by atoms with Gasteiger partial charge in [-0.25, -0.2) is 8.78 Å². The molecule has 0 bridgehead atoms. The van der Waals surface area contributed by atoms with Crippen LogP contribution < -0.4 is 5.32 Å². The first kappa shape index (κ1) is 18.0. The average molecular weight is 341 g/mol. The Morgan fingerprint density at radius 1 is 1.26 bits per heavy atom. The molecule has 0 radical (unpaired) electrons. The smallest absolute Gasteiger partial charge is 0.159 e. The molecule has 2 N–H and O–H groups in total. The second-order valence-electron chi connectivity index (χ2n) is 5.52. The number of nitrogens with one attached hydrogen (secondary N) is 1. The molecule has 1 aromatic heterocycles. The summed E-state index contributed by atoms with van der Waals surface area (Å²) in [6, 6.07) is 7.31. The third-order valence-electron chi connectivity index (χ3n) is 3.61. The molecule has 0 aliphatic rings. The van der Waals surface area contributed by atoms with Crippen molar-refractivity contribution in [3.63, 3.8) is 0 Å². The van der Waals surface area contributed by atoms with Gasteiger partial charge in [-0.2, -0.15) is 0 Å². The lowest BCUT2D eigenvalue weighted by Crippen LogP contribution is -2.34. The number of thiophene rings is 1. The number of aliphatic hydroxyl groups excluding tert-OH is 1. The lowest BCUT2D eigenvalue weighted by Gasteiger charge is -2.24. The van der Waals surface area contributed by atoms with Gasteiger partial charge < -0.3 is 15.2 Å². The van der Waals surface area contributed by atoms with Crippen molar-refractivity contribution in [2.75, 3.05) is 13.7 Å². The van der Waals surface area contributed by atoms with E-state index in [0.717, 1.165) is 10.9 Å². The van der Waals surface area contributed by atoms with Gasteiger partial charge >= 0.3 is 0 Å². The quantitative estimate of drug-likeness (QED) is 0.767. The molecule has 6 heteroatoms. The molecule has 3 nitrogen and oxygen atoms in total. The zero-order valence-electron chi connectivity index (χ0n) is 13.1. The average Bonchev–Trinajstić information content (AvgIpc) is 3.04. The summed E-state index contributed by atoms with van der Waals surface area (Å²) in [5, 5.41) is 15.4. The van der Waals surface area contributed by atoms with Crippen LogP contribution in [0.1, 0.15) is 35.9 Å². The highest BCUT2D eigenvalue weighted by atomic mass is 32.1. The molecule has 0 saturated carbocycles. The molecule has 0 fully saturated rings. The van der Waals surface area contributed by atoms with E-state index in [1.165, 1.54) is 23.5 Å². The first-order chi connectivity index (χ1) is 11.0. The SMILES string of the molecule is COCC(NC(C)CC(O)c1cccs1)c1ccc(F)c(F)c1. The first-order valence-corrected chi connectivity index (χ1v) is 8.30. The molecule has 0 spiro atoms. The fourth-order valence-corrected chi connectivity index (χ4v) is 3.20. The fourth-order valence-electron chi connectivity index (χ4n) is 2.48. The standard InChI is InChI=1S/C17H21F2NO2S/c1-11(8-16(21)17-4-3-7-23-17)20-15(10-22-2)12-5-6-13(18)14(19)9-12/h3-7,9,11,15-16,20-21H,8,10H2,1-2H3. The van der Waals surface area contributed by atoms with Crippen molar-refractivity contribution in [2.24, 2.45) is 0 Å². The summed E-state index contributed by atoms with van der Waals surface area (Å²) in [5.41, 5.74) is 0.614. The van der Waals surface area contributed by atoms with Crippen LogP contribution >= 0.6 is 11.3 Å². The molecule has 0 aliphatic heterocycles. The predicted octanol–water partition coefficient (Wildman–Crippen LogP) is 3.82. The van der Waals surface area contributed by atoms with Crippen LogP contribution in [0, 0.1) is 11.6 Å². The molecule has 0 amide bonds. The van der Waals surface area contributed by atoms with E-state index in [4.69, 9.17) is 4.74 Å². The van der Waals surface area contributed by atoms with Crippen LogP contribution in [0.5, 0.6) is 0 Å². The van der Waals surface area contributed by atoms with Crippen molar-refractivity contribution in [3.8, 4) is 0 Å². The number of hydrogen-bond donors (Lipinski definition) is 2. The number of hydrogen-bond acceptors (Lipinski definition) is 4. The van der Waals surface area contributed by atoms with E-state index >= 15 is 0 Å². The number of halogens is 2. The van der Waals surface area contributed by atoms with Crippen molar-refractivity contribution >= 4 is 11.3 Å². The molecule has 1 aromatic carbocycles. The summed E-state index contributed by atoms with van der Waals surface area (Å²) in [4.78, 5) is 0.912. The van der Waals surface area contributed by atoms with E-state index in [2.05, 4.69) is 5.32 Å². The Bertz CT molecular complexity index is 607. The Morgan fingerprint density at radius 3 is 2.65 bits per heavy atom. The molecule has 0 aliphatic carbocycles. The van der Waals surface area contributed by atoms with E-state index in [0.29, 0.717) is 18.6 Å². The summed E-state index contributed by atoms with van der Waals surface area (Å²) in [7, 11) is 1.56. The van der Waals surface area contributed by atoms with Crippen LogP contribution in [0.15, 0.2) is 35.7 Å². The molecule has 126 valence electrons. The van der Waals surface area contributed by atoms with E-state index in [-0.39, 0.29) is 12.1 Å². The summed E-state index contributed by atoms with van der Waals surface area (Å²) in [6.45, 7) is 2.27. The Kier molecular flexibility index (Phi) is 6.65. The molecule has 2 rings (SSSR count). The van der Waals surface area contributed by atoms with Gasteiger partial charge in [-0.15, -0.1) is 11.3 Å². The second kappa shape index (κ2) is 8.49. The van der Waals surface area contributed by atoms with Crippen molar-refractivity contribution in [1.29, 1.82) is 0 Å².